The second-order valence-electron chi connectivity index (χ2n) is 5.72. The minimum atomic E-state index is 0.0421. The second-order valence-corrected chi connectivity index (χ2v) is 6.64. The first-order valence-electron chi connectivity index (χ1n) is 6.48. The Balaban J connectivity index is 2.13. The fraction of sp³-hybridized carbons (Fsp3) is 0.533. The number of nitrogens with zero attached hydrogens (tertiary/aromatic N) is 1. The van der Waals surface area contributed by atoms with Gasteiger partial charge in [-0.2, -0.15) is 0 Å². The highest BCUT2D eigenvalue weighted by atomic mass is 79.9. The van der Waals surface area contributed by atoms with Crippen LogP contribution in [0, 0.1) is 5.92 Å². The number of hydrogen-bond donors (Lipinski definition) is 0. The van der Waals surface area contributed by atoms with E-state index in [1.54, 1.807) is 0 Å². The number of rotatable bonds is 5. The molecule has 1 saturated heterocycles. The summed E-state index contributed by atoms with van der Waals surface area (Å²) >= 11 is 3.51. The normalized spacial score (nSPS) is 18.7. The van der Waals surface area contributed by atoms with Crippen molar-refractivity contribution in [2.24, 2.45) is 5.92 Å². The molecule has 2 rings (SSSR count). The number of benzene rings is 1. The first-order valence-corrected chi connectivity index (χ1v) is 7.27. The van der Waals surface area contributed by atoms with Crippen LogP contribution in [0.15, 0.2) is 28.7 Å². The molecule has 0 atom stereocenters. The van der Waals surface area contributed by atoms with Gasteiger partial charge < -0.3 is 9.69 Å². The van der Waals surface area contributed by atoms with E-state index < -0.39 is 0 Å². The van der Waals surface area contributed by atoms with E-state index in [4.69, 9.17) is 0 Å². The van der Waals surface area contributed by atoms with Crippen LogP contribution < -0.4 is 0 Å². The Morgan fingerprint density at radius 2 is 2.17 bits per heavy atom. The highest BCUT2D eigenvalue weighted by molar-refractivity contribution is 9.10. The lowest BCUT2D eigenvalue weighted by Gasteiger charge is -2.50. The maximum Gasteiger partial charge on any atom is 0.120 e. The highest BCUT2D eigenvalue weighted by Gasteiger charge is 2.43. The van der Waals surface area contributed by atoms with Gasteiger partial charge in [0.15, 0.2) is 0 Å². The Morgan fingerprint density at radius 1 is 1.44 bits per heavy atom. The molecule has 0 bridgehead atoms. The maximum atomic E-state index is 11.0. The molecule has 0 amide bonds. The molecule has 98 valence electrons. The minimum absolute atomic E-state index is 0.0421. The van der Waals surface area contributed by atoms with Crippen LogP contribution in [0.3, 0.4) is 0 Å². The number of likely N-dealkylation sites (tertiary alicyclic amines) is 1. The first kappa shape index (κ1) is 13.8. The summed E-state index contributed by atoms with van der Waals surface area (Å²) in [5, 5.41) is 0. The summed E-state index contributed by atoms with van der Waals surface area (Å²) in [6.07, 6.45) is 1.69. The van der Waals surface area contributed by atoms with Crippen LogP contribution in [0.4, 0.5) is 0 Å². The second kappa shape index (κ2) is 5.54. The Hall–Kier alpha value is -0.670. The summed E-state index contributed by atoms with van der Waals surface area (Å²) in [4.78, 5) is 13.4. The zero-order valence-electron chi connectivity index (χ0n) is 11.0. The molecule has 0 spiro atoms. The van der Waals surface area contributed by atoms with Gasteiger partial charge in [-0.25, -0.2) is 0 Å². The molecule has 2 nitrogen and oxygen atoms in total. The summed E-state index contributed by atoms with van der Waals surface area (Å²) in [6.45, 7) is 7.59. The SMILES string of the molecule is CC(C)CN1CC(CC=O)(c2cccc(Br)c2)C1. The van der Waals surface area contributed by atoms with Gasteiger partial charge in [0.25, 0.3) is 0 Å². The summed E-state index contributed by atoms with van der Waals surface area (Å²) < 4.78 is 1.09. The van der Waals surface area contributed by atoms with E-state index in [1.165, 1.54) is 5.56 Å². The van der Waals surface area contributed by atoms with Crippen molar-refractivity contribution in [1.82, 2.24) is 4.90 Å². The van der Waals surface area contributed by atoms with Crippen LogP contribution in [0.2, 0.25) is 0 Å². The van der Waals surface area contributed by atoms with Gasteiger partial charge in [0.2, 0.25) is 0 Å². The third-order valence-electron chi connectivity index (χ3n) is 3.59. The summed E-state index contributed by atoms with van der Waals surface area (Å²) in [6, 6.07) is 8.37. The molecule has 1 aromatic rings. The molecule has 0 radical (unpaired) electrons. The molecular formula is C15H20BrNO. The number of carbonyl (C=O) groups excluding carboxylic acids is 1. The zero-order chi connectivity index (χ0) is 13.2. The zero-order valence-corrected chi connectivity index (χ0v) is 12.6. The van der Waals surface area contributed by atoms with Gasteiger partial charge in [-0.1, -0.05) is 41.9 Å². The first-order chi connectivity index (χ1) is 8.55. The third-order valence-corrected chi connectivity index (χ3v) is 4.08. The molecule has 0 aliphatic carbocycles. The van der Waals surface area contributed by atoms with Gasteiger partial charge in [0.05, 0.1) is 0 Å². The number of hydrogen-bond acceptors (Lipinski definition) is 2. The van der Waals surface area contributed by atoms with Crippen molar-refractivity contribution in [2.45, 2.75) is 25.7 Å². The monoisotopic (exact) mass is 309 g/mol. The smallest absolute Gasteiger partial charge is 0.120 e. The van der Waals surface area contributed by atoms with Gasteiger partial charge in [-0.3, -0.25) is 0 Å². The highest BCUT2D eigenvalue weighted by Crippen LogP contribution is 2.38. The van der Waals surface area contributed by atoms with Crippen molar-refractivity contribution in [2.75, 3.05) is 19.6 Å². The average molecular weight is 310 g/mol. The topological polar surface area (TPSA) is 20.3 Å². The van der Waals surface area contributed by atoms with Gasteiger partial charge in [0.1, 0.15) is 6.29 Å². The van der Waals surface area contributed by atoms with Gasteiger partial charge in [0, 0.05) is 35.9 Å². The molecule has 1 fully saturated rings. The van der Waals surface area contributed by atoms with Crippen molar-refractivity contribution in [3.05, 3.63) is 34.3 Å². The van der Waals surface area contributed by atoms with Crippen LogP contribution in [-0.4, -0.2) is 30.8 Å². The predicted octanol–water partition coefficient (Wildman–Crippen LogP) is 3.25. The quantitative estimate of drug-likeness (QED) is 0.778. The molecule has 1 aliphatic rings. The van der Waals surface area contributed by atoms with Gasteiger partial charge in [-0.05, 0) is 23.6 Å². The minimum Gasteiger partial charge on any atom is -0.303 e. The molecule has 0 unspecified atom stereocenters. The van der Waals surface area contributed by atoms with E-state index in [0.29, 0.717) is 12.3 Å². The number of halogens is 1. The van der Waals surface area contributed by atoms with Crippen molar-refractivity contribution in [1.29, 1.82) is 0 Å². The molecule has 0 saturated carbocycles. The molecular weight excluding hydrogens is 290 g/mol. The van der Waals surface area contributed by atoms with Crippen LogP contribution in [-0.2, 0) is 10.2 Å². The Morgan fingerprint density at radius 3 is 2.72 bits per heavy atom. The summed E-state index contributed by atoms with van der Waals surface area (Å²) in [5.74, 6) is 0.682. The van der Waals surface area contributed by atoms with Crippen LogP contribution in [0.25, 0.3) is 0 Å². The van der Waals surface area contributed by atoms with Crippen LogP contribution in [0.5, 0.6) is 0 Å². The Bertz CT molecular complexity index is 424. The molecule has 1 aliphatic heterocycles. The summed E-state index contributed by atoms with van der Waals surface area (Å²) in [7, 11) is 0. The van der Waals surface area contributed by atoms with Gasteiger partial charge >= 0.3 is 0 Å². The Kier molecular flexibility index (Phi) is 4.23. The van der Waals surface area contributed by atoms with E-state index in [9.17, 15) is 4.79 Å². The van der Waals surface area contributed by atoms with E-state index in [2.05, 4.69) is 52.9 Å². The van der Waals surface area contributed by atoms with Crippen molar-refractivity contribution < 1.29 is 4.79 Å². The molecule has 3 heteroatoms. The lowest BCUT2D eigenvalue weighted by molar-refractivity contribution is -0.110. The lowest BCUT2D eigenvalue weighted by atomic mass is 9.71. The number of carbonyl (C=O) groups is 1. The predicted molar refractivity (Wildman–Crippen MR) is 77.8 cm³/mol. The number of aldehydes is 1. The molecule has 0 N–H and O–H groups in total. The van der Waals surface area contributed by atoms with Crippen molar-refractivity contribution in [3.8, 4) is 0 Å². The summed E-state index contributed by atoms with van der Waals surface area (Å²) in [5.41, 5.74) is 1.32. The van der Waals surface area contributed by atoms with Crippen molar-refractivity contribution in [3.63, 3.8) is 0 Å². The van der Waals surface area contributed by atoms with Crippen LogP contribution in [0.1, 0.15) is 25.8 Å². The molecule has 1 heterocycles. The third kappa shape index (κ3) is 2.83. The van der Waals surface area contributed by atoms with E-state index in [1.807, 2.05) is 6.07 Å². The lowest BCUT2D eigenvalue weighted by Crippen LogP contribution is -2.60. The fourth-order valence-corrected chi connectivity index (χ4v) is 3.26. The van der Waals surface area contributed by atoms with E-state index in [-0.39, 0.29) is 5.41 Å². The van der Waals surface area contributed by atoms with Crippen LogP contribution >= 0.6 is 15.9 Å². The molecule has 18 heavy (non-hydrogen) atoms. The van der Waals surface area contributed by atoms with Gasteiger partial charge in [-0.15, -0.1) is 0 Å². The van der Waals surface area contributed by atoms with E-state index >= 15 is 0 Å². The Labute approximate surface area is 117 Å². The largest absolute Gasteiger partial charge is 0.303 e. The van der Waals surface area contributed by atoms with E-state index in [0.717, 1.165) is 30.4 Å². The fourth-order valence-electron chi connectivity index (χ4n) is 2.86. The standard InChI is InChI=1S/C15H20BrNO/c1-12(2)9-17-10-15(11-17,6-7-18)13-4-3-5-14(16)8-13/h3-5,7-8,12H,6,9-11H2,1-2H3. The van der Waals surface area contributed by atoms with Crippen molar-refractivity contribution >= 4 is 22.2 Å². The molecule has 1 aromatic carbocycles. The average Bonchev–Trinajstić information content (AvgIpc) is 2.25. The maximum absolute atomic E-state index is 11.0. The molecule has 0 aromatic heterocycles.